The van der Waals surface area contributed by atoms with Crippen molar-refractivity contribution in [3.05, 3.63) is 66.2 Å². The number of amides is 1. The lowest BCUT2D eigenvalue weighted by Gasteiger charge is -2.31. The molecule has 1 fully saturated rings. The molecule has 1 atom stereocenters. The fourth-order valence-corrected chi connectivity index (χ4v) is 6.43. The summed E-state index contributed by atoms with van der Waals surface area (Å²) in [4.78, 5) is 12.7. The summed E-state index contributed by atoms with van der Waals surface area (Å²) in [5.74, 6) is 0.200. The van der Waals surface area contributed by atoms with Gasteiger partial charge in [0, 0.05) is 31.2 Å². The molecule has 1 N–H and O–H groups in total. The van der Waals surface area contributed by atoms with Gasteiger partial charge in [0.1, 0.15) is 11.6 Å². The number of carbonyl (C=O) groups excluding carboxylic acids is 1. The molecule has 0 radical (unpaired) electrons. The van der Waals surface area contributed by atoms with Crippen LogP contribution in [0, 0.1) is 5.82 Å². The molecule has 1 saturated heterocycles. The van der Waals surface area contributed by atoms with Crippen molar-refractivity contribution < 1.29 is 17.6 Å². The van der Waals surface area contributed by atoms with Crippen LogP contribution in [0.25, 0.3) is 0 Å². The van der Waals surface area contributed by atoms with Crippen LogP contribution in [0.5, 0.6) is 0 Å². The van der Waals surface area contributed by atoms with E-state index in [1.165, 1.54) is 40.3 Å². The molecule has 1 aliphatic rings. The van der Waals surface area contributed by atoms with Crippen LogP contribution in [0.3, 0.4) is 0 Å². The Morgan fingerprint density at radius 2 is 1.89 bits per heavy atom. The highest BCUT2D eigenvalue weighted by atomic mass is 32.2. The molecule has 0 aliphatic carbocycles. The zero-order chi connectivity index (χ0) is 24.8. The van der Waals surface area contributed by atoms with Crippen LogP contribution in [0.4, 0.5) is 10.1 Å². The van der Waals surface area contributed by atoms with Crippen molar-refractivity contribution in [2.45, 2.75) is 48.7 Å². The first-order valence-corrected chi connectivity index (χ1v) is 14.0. The normalized spacial score (nSPS) is 16.8. The van der Waals surface area contributed by atoms with Gasteiger partial charge in [0.15, 0.2) is 5.16 Å². The second kappa shape index (κ2) is 11.3. The second-order valence-electron chi connectivity index (χ2n) is 8.35. The molecule has 8 nitrogen and oxygen atoms in total. The number of carbonyl (C=O) groups is 1. The van der Waals surface area contributed by atoms with E-state index in [0.29, 0.717) is 35.4 Å². The summed E-state index contributed by atoms with van der Waals surface area (Å²) in [6.07, 6.45) is 2.40. The Morgan fingerprint density at radius 1 is 1.14 bits per heavy atom. The highest BCUT2D eigenvalue weighted by Crippen LogP contribution is 2.31. The number of rotatable bonds is 9. The third-order valence-corrected chi connectivity index (χ3v) is 8.63. The topological polar surface area (TPSA) is 97.2 Å². The van der Waals surface area contributed by atoms with Crippen molar-refractivity contribution in [3.8, 4) is 0 Å². The van der Waals surface area contributed by atoms with Gasteiger partial charge >= 0.3 is 0 Å². The zero-order valence-electron chi connectivity index (χ0n) is 19.4. The number of hydrogen-bond acceptors (Lipinski definition) is 6. The van der Waals surface area contributed by atoms with Crippen molar-refractivity contribution in [2.24, 2.45) is 0 Å². The Balaban J connectivity index is 1.45. The summed E-state index contributed by atoms with van der Waals surface area (Å²) in [5, 5.41) is 12.1. The fraction of sp³-hybridized carbons (Fsp3) is 0.375. The van der Waals surface area contributed by atoms with Gasteiger partial charge in [-0.1, -0.05) is 36.9 Å². The van der Waals surface area contributed by atoms with Gasteiger partial charge in [-0.2, -0.15) is 4.31 Å². The molecule has 4 rings (SSSR count). The van der Waals surface area contributed by atoms with Crippen molar-refractivity contribution in [1.29, 1.82) is 0 Å². The monoisotopic (exact) mass is 517 g/mol. The highest BCUT2D eigenvalue weighted by molar-refractivity contribution is 7.99. The summed E-state index contributed by atoms with van der Waals surface area (Å²) in [5.41, 5.74) is 0.523. The third kappa shape index (κ3) is 6.09. The number of piperidine rings is 1. The largest absolute Gasteiger partial charge is 0.325 e. The van der Waals surface area contributed by atoms with Gasteiger partial charge < -0.3 is 9.88 Å². The van der Waals surface area contributed by atoms with Gasteiger partial charge in [-0.25, -0.2) is 12.8 Å². The molecular formula is C24H28FN5O3S2. The molecule has 0 spiro atoms. The number of nitrogens with zero attached hydrogens (tertiary/aromatic N) is 4. The molecule has 2 aromatic carbocycles. The molecule has 2 heterocycles. The van der Waals surface area contributed by atoms with Crippen LogP contribution in [-0.4, -0.2) is 52.2 Å². The van der Waals surface area contributed by atoms with Crippen molar-refractivity contribution in [1.82, 2.24) is 19.1 Å². The standard InChI is InChI=1S/C24H28FN5O3S2/c1-2-14-30-23(18-7-6-15-29(16-18)35(32,33)21-8-4-3-5-9-21)27-28-24(30)34-17-22(31)26-20-12-10-19(25)11-13-20/h3-5,8-13,18H,2,6-7,14-17H2,1H3,(H,26,31)/t18-/m1/s1. The van der Waals surface area contributed by atoms with E-state index in [-0.39, 0.29) is 23.4 Å². The smallest absolute Gasteiger partial charge is 0.243 e. The number of anilines is 1. The summed E-state index contributed by atoms with van der Waals surface area (Å²) in [6, 6.07) is 14.1. The van der Waals surface area contributed by atoms with E-state index in [9.17, 15) is 17.6 Å². The Labute approximate surface area is 209 Å². The van der Waals surface area contributed by atoms with Gasteiger partial charge in [-0.05, 0) is 55.7 Å². The second-order valence-corrected chi connectivity index (χ2v) is 11.2. The average molecular weight is 518 g/mol. The first-order chi connectivity index (χ1) is 16.9. The Kier molecular flexibility index (Phi) is 8.19. The minimum Gasteiger partial charge on any atom is -0.325 e. The molecule has 3 aromatic rings. The van der Waals surface area contributed by atoms with E-state index in [0.717, 1.165) is 25.1 Å². The molecule has 0 unspecified atom stereocenters. The number of sulfonamides is 1. The predicted molar refractivity (Wildman–Crippen MR) is 133 cm³/mol. The van der Waals surface area contributed by atoms with E-state index < -0.39 is 10.0 Å². The molecule has 186 valence electrons. The number of thioether (sulfide) groups is 1. The number of nitrogens with one attached hydrogen (secondary N) is 1. The summed E-state index contributed by atoms with van der Waals surface area (Å²) >= 11 is 1.28. The number of halogens is 1. The van der Waals surface area contributed by atoms with E-state index in [1.54, 1.807) is 30.3 Å². The molecule has 35 heavy (non-hydrogen) atoms. The maximum absolute atomic E-state index is 13.1. The quantitative estimate of drug-likeness (QED) is 0.429. The van der Waals surface area contributed by atoms with Crippen molar-refractivity contribution in [3.63, 3.8) is 0 Å². The van der Waals surface area contributed by atoms with E-state index >= 15 is 0 Å². The van der Waals surface area contributed by atoms with Gasteiger partial charge in [-0.3, -0.25) is 4.79 Å². The van der Waals surface area contributed by atoms with Crippen LogP contribution >= 0.6 is 11.8 Å². The van der Waals surface area contributed by atoms with Gasteiger partial charge in [-0.15, -0.1) is 10.2 Å². The molecule has 1 amide bonds. The number of aromatic nitrogens is 3. The lowest BCUT2D eigenvalue weighted by Crippen LogP contribution is -2.39. The molecule has 11 heteroatoms. The SMILES string of the molecule is CCCn1c(SCC(=O)Nc2ccc(F)cc2)nnc1[C@@H]1CCCN(S(=O)(=O)c2ccccc2)C1. The maximum atomic E-state index is 13.1. The van der Waals surface area contributed by atoms with E-state index in [1.807, 2.05) is 11.5 Å². The Hall–Kier alpha value is -2.76. The van der Waals surface area contributed by atoms with Crippen LogP contribution in [-0.2, 0) is 21.4 Å². The van der Waals surface area contributed by atoms with Crippen LogP contribution < -0.4 is 5.32 Å². The maximum Gasteiger partial charge on any atom is 0.243 e. The highest BCUT2D eigenvalue weighted by Gasteiger charge is 2.33. The first-order valence-electron chi connectivity index (χ1n) is 11.5. The summed E-state index contributed by atoms with van der Waals surface area (Å²) in [6.45, 7) is 3.54. The fourth-order valence-electron chi connectivity index (χ4n) is 4.12. The minimum absolute atomic E-state index is 0.0799. The lowest BCUT2D eigenvalue weighted by molar-refractivity contribution is -0.113. The zero-order valence-corrected chi connectivity index (χ0v) is 21.1. The summed E-state index contributed by atoms with van der Waals surface area (Å²) < 4.78 is 42.9. The third-order valence-electron chi connectivity index (χ3n) is 5.78. The first kappa shape index (κ1) is 25.3. The predicted octanol–water partition coefficient (Wildman–Crippen LogP) is 4.13. The van der Waals surface area contributed by atoms with E-state index in [4.69, 9.17) is 0 Å². The average Bonchev–Trinajstić information content (AvgIpc) is 3.27. The molecule has 1 aromatic heterocycles. The van der Waals surface area contributed by atoms with Crippen molar-refractivity contribution >= 4 is 33.4 Å². The lowest BCUT2D eigenvalue weighted by atomic mass is 9.99. The van der Waals surface area contributed by atoms with Crippen molar-refractivity contribution in [2.75, 3.05) is 24.2 Å². The Bertz CT molecular complexity index is 1250. The van der Waals surface area contributed by atoms with Crippen LogP contribution in [0.2, 0.25) is 0 Å². The van der Waals surface area contributed by atoms with E-state index in [2.05, 4.69) is 15.5 Å². The van der Waals surface area contributed by atoms with Crippen LogP contribution in [0.15, 0.2) is 64.6 Å². The van der Waals surface area contributed by atoms with Crippen LogP contribution in [0.1, 0.15) is 37.9 Å². The number of benzene rings is 2. The van der Waals surface area contributed by atoms with Gasteiger partial charge in [0.2, 0.25) is 15.9 Å². The Morgan fingerprint density at radius 3 is 2.60 bits per heavy atom. The molecule has 0 saturated carbocycles. The van der Waals surface area contributed by atoms with Gasteiger partial charge in [0.25, 0.3) is 0 Å². The molecule has 1 aliphatic heterocycles. The minimum atomic E-state index is -3.58. The summed E-state index contributed by atoms with van der Waals surface area (Å²) in [7, 11) is -3.58. The number of hydrogen-bond donors (Lipinski definition) is 1. The van der Waals surface area contributed by atoms with Gasteiger partial charge in [0.05, 0.1) is 10.6 Å². The molecule has 0 bridgehead atoms. The molecular weight excluding hydrogens is 489 g/mol.